The highest BCUT2D eigenvalue weighted by Crippen LogP contribution is 2.35. The summed E-state index contributed by atoms with van der Waals surface area (Å²) in [5.41, 5.74) is 1.08. The van der Waals surface area contributed by atoms with E-state index in [9.17, 15) is 0 Å². The lowest BCUT2D eigenvalue weighted by Gasteiger charge is -2.12. The molecule has 0 heterocycles. The zero-order valence-electron chi connectivity index (χ0n) is 8.35. The zero-order chi connectivity index (χ0) is 10.8. The average molecular weight is 264 g/mol. The lowest BCUT2D eigenvalue weighted by atomic mass is 9.98. The maximum absolute atomic E-state index is 6.13. The minimum Gasteiger partial charge on any atom is -0.123 e. The number of rotatable bonds is 2. The van der Waals surface area contributed by atoms with Crippen molar-refractivity contribution in [2.75, 3.05) is 0 Å². The van der Waals surface area contributed by atoms with Gasteiger partial charge in [0.25, 0.3) is 0 Å². The van der Waals surface area contributed by atoms with Crippen LogP contribution >= 0.6 is 34.8 Å². The molecule has 1 aliphatic carbocycles. The molecule has 0 amide bonds. The Morgan fingerprint density at radius 2 is 1.80 bits per heavy atom. The van der Waals surface area contributed by atoms with E-state index < -0.39 is 0 Å². The van der Waals surface area contributed by atoms with Crippen molar-refractivity contribution < 1.29 is 0 Å². The van der Waals surface area contributed by atoms with Crippen molar-refractivity contribution in [3.63, 3.8) is 0 Å². The van der Waals surface area contributed by atoms with Gasteiger partial charge in [0, 0.05) is 15.4 Å². The predicted octanol–water partition coefficient (Wildman–Crippen LogP) is 4.94. The molecule has 1 fully saturated rings. The molecule has 0 saturated heterocycles. The lowest BCUT2D eigenvalue weighted by molar-refractivity contribution is 0.547. The van der Waals surface area contributed by atoms with Crippen LogP contribution in [0.1, 0.15) is 24.8 Å². The summed E-state index contributed by atoms with van der Waals surface area (Å²) in [7, 11) is 0. The summed E-state index contributed by atoms with van der Waals surface area (Å²) in [5, 5.41) is 1.90. The van der Waals surface area contributed by atoms with Gasteiger partial charge in [-0.2, -0.15) is 0 Å². The van der Waals surface area contributed by atoms with Crippen LogP contribution in [0.15, 0.2) is 18.2 Å². The maximum atomic E-state index is 6.13. The van der Waals surface area contributed by atoms with E-state index in [0.717, 1.165) is 34.9 Å². The number of benzene rings is 1. The maximum Gasteiger partial charge on any atom is 0.0452 e. The van der Waals surface area contributed by atoms with E-state index in [0.29, 0.717) is 11.3 Å². The van der Waals surface area contributed by atoms with Gasteiger partial charge in [-0.05, 0) is 49.3 Å². The van der Waals surface area contributed by atoms with Crippen molar-refractivity contribution in [1.82, 2.24) is 0 Å². The normalized spacial score (nSPS) is 25.8. The van der Waals surface area contributed by atoms with Crippen LogP contribution in [-0.2, 0) is 6.42 Å². The minimum absolute atomic E-state index is 0.344. The highest BCUT2D eigenvalue weighted by Gasteiger charge is 2.24. The third-order valence-corrected chi connectivity index (χ3v) is 4.14. The molecule has 1 saturated carbocycles. The van der Waals surface area contributed by atoms with Gasteiger partial charge >= 0.3 is 0 Å². The Kier molecular flexibility index (Phi) is 3.82. The third-order valence-electron chi connectivity index (χ3n) is 3.03. The van der Waals surface area contributed by atoms with Crippen LogP contribution in [0.3, 0.4) is 0 Å². The Morgan fingerprint density at radius 3 is 2.33 bits per heavy atom. The molecule has 0 spiro atoms. The molecule has 82 valence electrons. The first kappa shape index (κ1) is 11.6. The first-order valence-electron chi connectivity index (χ1n) is 5.23. The van der Waals surface area contributed by atoms with Gasteiger partial charge in [-0.15, -0.1) is 11.6 Å². The molecule has 1 aliphatic rings. The molecule has 2 atom stereocenters. The summed E-state index contributed by atoms with van der Waals surface area (Å²) in [6, 6.07) is 5.68. The summed E-state index contributed by atoms with van der Waals surface area (Å²) in [6.07, 6.45) is 4.36. The molecule has 1 aromatic rings. The molecular formula is C12H13Cl3. The molecule has 2 rings (SSSR count). The van der Waals surface area contributed by atoms with Crippen molar-refractivity contribution in [3.05, 3.63) is 33.8 Å². The average Bonchev–Trinajstić information content (AvgIpc) is 2.58. The molecular weight excluding hydrogens is 250 g/mol. The van der Waals surface area contributed by atoms with Crippen molar-refractivity contribution in [1.29, 1.82) is 0 Å². The molecule has 0 aliphatic heterocycles. The number of hydrogen-bond acceptors (Lipinski definition) is 0. The van der Waals surface area contributed by atoms with Crippen LogP contribution in [0.4, 0.5) is 0 Å². The zero-order valence-corrected chi connectivity index (χ0v) is 10.6. The van der Waals surface area contributed by atoms with Crippen molar-refractivity contribution in [2.24, 2.45) is 5.92 Å². The standard InChI is InChI=1S/C12H13Cl3/c13-9-5-4-8(6-9)7-10-11(14)2-1-3-12(10)15/h1-3,8-9H,4-7H2. The van der Waals surface area contributed by atoms with E-state index in [4.69, 9.17) is 34.8 Å². The van der Waals surface area contributed by atoms with Gasteiger partial charge in [-0.25, -0.2) is 0 Å². The van der Waals surface area contributed by atoms with Gasteiger partial charge in [0.2, 0.25) is 0 Å². The molecule has 0 aromatic heterocycles. The van der Waals surface area contributed by atoms with Gasteiger partial charge in [0.05, 0.1) is 0 Å². The van der Waals surface area contributed by atoms with Crippen LogP contribution in [0.25, 0.3) is 0 Å². The van der Waals surface area contributed by atoms with Gasteiger partial charge < -0.3 is 0 Å². The molecule has 0 radical (unpaired) electrons. The van der Waals surface area contributed by atoms with E-state index in [-0.39, 0.29) is 0 Å². The quantitative estimate of drug-likeness (QED) is 0.663. The highest BCUT2D eigenvalue weighted by atomic mass is 35.5. The fourth-order valence-corrected chi connectivity index (χ4v) is 3.15. The smallest absolute Gasteiger partial charge is 0.0452 e. The van der Waals surface area contributed by atoms with Gasteiger partial charge in [0.15, 0.2) is 0 Å². The molecule has 0 N–H and O–H groups in total. The number of hydrogen-bond donors (Lipinski definition) is 0. The highest BCUT2D eigenvalue weighted by molar-refractivity contribution is 6.36. The first-order valence-corrected chi connectivity index (χ1v) is 6.43. The number of alkyl halides is 1. The van der Waals surface area contributed by atoms with Gasteiger partial charge in [0.1, 0.15) is 0 Å². The predicted molar refractivity (Wildman–Crippen MR) is 67.1 cm³/mol. The second-order valence-corrected chi connectivity index (χ2v) is 5.61. The minimum atomic E-state index is 0.344. The topological polar surface area (TPSA) is 0 Å². The molecule has 1 aromatic carbocycles. The number of halogens is 3. The Morgan fingerprint density at radius 1 is 1.13 bits per heavy atom. The van der Waals surface area contributed by atoms with Crippen LogP contribution < -0.4 is 0 Å². The van der Waals surface area contributed by atoms with Crippen LogP contribution in [0.2, 0.25) is 10.0 Å². The summed E-state index contributed by atoms with van der Waals surface area (Å²) in [6.45, 7) is 0. The second-order valence-electron chi connectivity index (χ2n) is 4.18. The van der Waals surface area contributed by atoms with Crippen LogP contribution in [-0.4, -0.2) is 5.38 Å². The SMILES string of the molecule is Clc1cccc(Cl)c1CC1CCC(Cl)C1. The summed E-state index contributed by atoms with van der Waals surface area (Å²) in [4.78, 5) is 0. The molecule has 0 nitrogen and oxygen atoms in total. The van der Waals surface area contributed by atoms with E-state index in [1.165, 1.54) is 6.42 Å². The Balaban J connectivity index is 2.10. The molecule has 3 heteroatoms. The van der Waals surface area contributed by atoms with E-state index >= 15 is 0 Å². The van der Waals surface area contributed by atoms with E-state index in [2.05, 4.69) is 0 Å². The van der Waals surface area contributed by atoms with Gasteiger partial charge in [-0.1, -0.05) is 29.3 Å². The van der Waals surface area contributed by atoms with Crippen LogP contribution in [0, 0.1) is 5.92 Å². The van der Waals surface area contributed by atoms with Gasteiger partial charge in [-0.3, -0.25) is 0 Å². The van der Waals surface area contributed by atoms with Crippen molar-refractivity contribution >= 4 is 34.8 Å². The van der Waals surface area contributed by atoms with Crippen molar-refractivity contribution in [2.45, 2.75) is 31.1 Å². The second kappa shape index (κ2) is 4.95. The summed E-state index contributed by atoms with van der Waals surface area (Å²) in [5.74, 6) is 0.643. The Bertz CT molecular complexity index is 328. The summed E-state index contributed by atoms with van der Waals surface area (Å²) < 4.78 is 0. The van der Waals surface area contributed by atoms with Crippen molar-refractivity contribution in [3.8, 4) is 0 Å². The van der Waals surface area contributed by atoms with E-state index in [1.54, 1.807) is 0 Å². The Labute approximate surface area is 106 Å². The Hall–Kier alpha value is 0.0900. The lowest BCUT2D eigenvalue weighted by Crippen LogP contribution is -2.01. The largest absolute Gasteiger partial charge is 0.123 e. The first-order chi connectivity index (χ1) is 7.16. The third kappa shape index (κ3) is 2.81. The fourth-order valence-electron chi connectivity index (χ4n) is 2.22. The van der Waals surface area contributed by atoms with E-state index in [1.807, 2.05) is 18.2 Å². The summed E-state index contributed by atoms with van der Waals surface area (Å²) >= 11 is 18.3. The molecule has 15 heavy (non-hydrogen) atoms. The molecule has 2 unspecified atom stereocenters. The fraction of sp³-hybridized carbons (Fsp3) is 0.500. The monoisotopic (exact) mass is 262 g/mol. The molecule has 0 bridgehead atoms. The van der Waals surface area contributed by atoms with Crippen LogP contribution in [0.5, 0.6) is 0 Å².